The minimum Gasteiger partial charge on any atom is -0.508 e. The molecule has 2 aromatic rings. The molecule has 0 amide bonds. The Balaban J connectivity index is 2.58. The number of rotatable bonds is 2. The zero-order chi connectivity index (χ0) is 9.26. The Morgan fingerprint density at radius 3 is 3.00 bits per heavy atom. The first-order valence-corrected chi connectivity index (χ1v) is 4.39. The number of phenols is 1. The van der Waals surface area contributed by atoms with Gasteiger partial charge in [0.2, 0.25) is 0 Å². The molecule has 0 bridgehead atoms. The summed E-state index contributed by atoms with van der Waals surface area (Å²) in [4.78, 5) is 3.16. The molecular formula is C10H13N2O+. The molecule has 1 heterocycles. The molecule has 13 heavy (non-hydrogen) atoms. The van der Waals surface area contributed by atoms with Gasteiger partial charge in [0.15, 0.2) is 0 Å². The van der Waals surface area contributed by atoms with Crippen molar-refractivity contribution in [2.45, 2.75) is 6.42 Å². The Labute approximate surface area is 76.2 Å². The number of H-pyrrole nitrogens is 1. The van der Waals surface area contributed by atoms with Crippen molar-refractivity contribution in [1.29, 1.82) is 0 Å². The van der Waals surface area contributed by atoms with Gasteiger partial charge in [0.25, 0.3) is 0 Å². The van der Waals surface area contributed by atoms with Gasteiger partial charge in [-0.05, 0) is 23.8 Å². The number of nitrogens with one attached hydrogen (secondary N) is 1. The molecule has 2 rings (SSSR count). The number of phenolic OH excluding ortho intramolecular Hbond substituents is 1. The summed E-state index contributed by atoms with van der Waals surface area (Å²) in [6.07, 6.45) is 2.93. The molecular weight excluding hydrogens is 164 g/mol. The predicted molar refractivity (Wildman–Crippen MR) is 51.4 cm³/mol. The van der Waals surface area contributed by atoms with E-state index in [0.717, 1.165) is 23.9 Å². The van der Waals surface area contributed by atoms with Crippen molar-refractivity contribution in [3.63, 3.8) is 0 Å². The highest BCUT2D eigenvalue weighted by atomic mass is 16.3. The summed E-state index contributed by atoms with van der Waals surface area (Å²) in [6.45, 7) is 0.878. The number of fused-ring (bicyclic) bond motifs is 1. The van der Waals surface area contributed by atoms with Crippen LogP contribution in [-0.2, 0) is 6.42 Å². The zero-order valence-corrected chi connectivity index (χ0v) is 7.38. The summed E-state index contributed by atoms with van der Waals surface area (Å²) in [7, 11) is 0. The lowest BCUT2D eigenvalue weighted by Gasteiger charge is -1.95. The second-order valence-electron chi connectivity index (χ2n) is 3.15. The van der Waals surface area contributed by atoms with Gasteiger partial charge >= 0.3 is 0 Å². The van der Waals surface area contributed by atoms with Gasteiger partial charge in [-0.1, -0.05) is 0 Å². The Bertz CT molecular complexity index is 420. The Kier molecular flexibility index (Phi) is 1.94. The number of quaternary nitrogens is 1. The Morgan fingerprint density at radius 2 is 2.23 bits per heavy atom. The quantitative estimate of drug-likeness (QED) is 0.620. The van der Waals surface area contributed by atoms with Crippen LogP contribution in [0.3, 0.4) is 0 Å². The fraction of sp³-hybridized carbons (Fsp3) is 0.200. The van der Waals surface area contributed by atoms with Gasteiger partial charge in [0.05, 0.1) is 6.54 Å². The van der Waals surface area contributed by atoms with Crippen LogP contribution >= 0.6 is 0 Å². The smallest absolute Gasteiger partial charge is 0.116 e. The maximum atomic E-state index is 9.31. The number of aromatic hydroxyl groups is 1. The summed E-state index contributed by atoms with van der Waals surface area (Å²) in [5.41, 5.74) is 6.11. The fourth-order valence-corrected chi connectivity index (χ4v) is 1.56. The third-order valence-corrected chi connectivity index (χ3v) is 2.20. The number of hydrogen-bond acceptors (Lipinski definition) is 1. The van der Waals surface area contributed by atoms with E-state index >= 15 is 0 Å². The number of hydrogen-bond donors (Lipinski definition) is 3. The van der Waals surface area contributed by atoms with Crippen molar-refractivity contribution in [3.05, 3.63) is 30.0 Å². The van der Waals surface area contributed by atoms with Crippen LogP contribution in [0.5, 0.6) is 5.75 Å². The van der Waals surface area contributed by atoms with Gasteiger partial charge in [-0.15, -0.1) is 0 Å². The van der Waals surface area contributed by atoms with Gasteiger partial charge in [0, 0.05) is 23.5 Å². The molecule has 0 fully saturated rings. The molecule has 0 saturated carbocycles. The van der Waals surface area contributed by atoms with Crippen molar-refractivity contribution < 1.29 is 10.8 Å². The number of aromatic nitrogens is 1. The topological polar surface area (TPSA) is 63.7 Å². The van der Waals surface area contributed by atoms with Crippen molar-refractivity contribution in [2.24, 2.45) is 0 Å². The molecule has 68 valence electrons. The molecule has 0 aliphatic rings. The molecule has 0 saturated heterocycles. The average Bonchev–Trinajstić information content (AvgIpc) is 2.49. The van der Waals surface area contributed by atoms with E-state index in [9.17, 15) is 5.11 Å². The van der Waals surface area contributed by atoms with Gasteiger partial charge in [0.1, 0.15) is 5.75 Å². The van der Waals surface area contributed by atoms with Crippen LogP contribution in [0.15, 0.2) is 24.4 Å². The molecule has 0 aliphatic heterocycles. The highest BCUT2D eigenvalue weighted by Crippen LogP contribution is 2.22. The molecule has 1 aromatic heterocycles. The zero-order valence-electron chi connectivity index (χ0n) is 7.38. The van der Waals surface area contributed by atoms with E-state index in [4.69, 9.17) is 0 Å². The van der Waals surface area contributed by atoms with E-state index in [1.54, 1.807) is 12.1 Å². The maximum absolute atomic E-state index is 9.31. The average molecular weight is 177 g/mol. The van der Waals surface area contributed by atoms with E-state index in [-0.39, 0.29) is 0 Å². The third-order valence-electron chi connectivity index (χ3n) is 2.20. The summed E-state index contributed by atoms with van der Waals surface area (Å²) in [5, 5.41) is 10.4. The van der Waals surface area contributed by atoms with Gasteiger partial charge in [-0.25, -0.2) is 0 Å². The Morgan fingerprint density at radius 1 is 1.38 bits per heavy atom. The van der Waals surface area contributed by atoms with Crippen LogP contribution in [0, 0.1) is 0 Å². The van der Waals surface area contributed by atoms with E-state index in [0.29, 0.717) is 5.75 Å². The summed E-state index contributed by atoms with van der Waals surface area (Å²) < 4.78 is 0. The third kappa shape index (κ3) is 1.38. The van der Waals surface area contributed by atoms with Gasteiger partial charge < -0.3 is 15.8 Å². The number of aromatic amines is 1. The summed E-state index contributed by atoms with van der Waals surface area (Å²) in [5.74, 6) is 0.317. The monoisotopic (exact) mass is 177 g/mol. The minimum atomic E-state index is 0.317. The lowest BCUT2D eigenvalue weighted by molar-refractivity contribution is -0.366. The maximum Gasteiger partial charge on any atom is 0.116 e. The lowest BCUT2D eigenvalue weighted by atomic mass is 10.1. The van der Waals surface area contributed by atoms with Crippen LogP contribution in [0.1, 0.15) is 5.56 Å². The van der Waals surface area contributed by atoms with Crippen molar-refractivity contribution in [1.82, 2.24) is 4.98 Å². The highest BCUT2D eigenvalue weighted by molar-refractivity contribution is 5.84. The first-order chi connectivity index (χ1) is 6.31. The van der Waals surface area contributed by atoms with Crippen LogP contribution in [0.2, 0.25) is 0 Å². The Hall–Kier alpha value is -1.48. The van der Waals surface area contributed by atoms with Crippen LogP contribution < -0.4 is 5.73 Å². The second kappa shape index (κ2) is 3.11. The van der Waals surface area contributed by atoms with Gasteiger partial charge in [-0.3, -0.25) is 0 Å². The van der Waals surface area contributed by atoms with E-state index in [1.807, 2.05) is 12.3 Å². The first-order valence-electron chi connectivity index (χ1n) is 4.39. The summed E-state index contributed by atoms with van der Waals surface area (Å²) in [6, 6.07) is 5.36. The first kappa shape index (κ1) is 8.13. The van der Waals surface area contributed by atoms with E-state index < -0.39 is 0 Å². The largest absolute Gasteiger partial charge is 0.508 e. The SMILES string of the molecule is [NH3+]CCc1c[nH]c2ccc(O)cc12. The molecule has 5 N–H and O–H groups in total. The van der Waals surface area contributed by atoms with Crippen molar-refractivity contribution in [3.8, 4) is 5.75 Å². The van der Waals surface area contributed by atoms with Crippen LogP contribution in [0.4, 0.5) is 0 Å². The van der Waals surface area contributed by atoms with Crippen molar-refractivity contribution in [2.75, 3.05) is 6.54 Å². The highest BCUT2D eigenvalue weighted by Gasteiger charge is 2.03. The molecule has 3 nitrogen and oxygen atoms in total. The van der Waals surface area contributed by atoms with Crippen LogP contribution in [0.25, 0.3) is 10.9 Å². The summed E-state index contributed by atoms with van der Waals surface area (Å²) >= 11 is 0. The van der Waals surface area contributed by atoms with Crippen molar-refractivity contribution >= 4 is 10.9 Å². The molecule has 0 unspecified atom stereocenters. The molecule has 0 aliphatic carbocycles. The predicted octanol–water partition coefficient (Wildman–Crippen LogP) is 0.658. The normalized spacial score (nSPS) is 10.8. The molecule has 1 aromatic carbocycles. The lowest BCUT2D eigenvalue weighted by Crippen LogP contribution is -2.51. The molecule has 0 atom stereocenters. The molecule has 3 heteroatoms. The van der Waals surface area contributed by atoms with Crippen LogP contribution in [-0.4, -0.2) is 16.6 Å². The molecule has 0 spiro atoms. The van der Waals surface area contributed by atoms with E-state index in [1.165, 1.54) is 5.56 Å². The minimum absolute atomic E-state index is 0.317. The second-order valence-corrected chi connectivity index (χ2v) is 3.15. The molecule has 0 radical (unpaired) electrons. The standard InChI is InChI=1S/C10H12N2O/c11-4-3-7-6-12-10-2-1-8(13)5-9(7)10/h1-2,5-6,12-13H,3-4,11H2/p+1. The van der Waals surface area contributed by atoms with E-state index in [2.05, 4.69) is 10.7 Å². The van der Waals surface area contributed by atoms with Gasteiger partial charge in [-0.2, -0.15) is 0 Å². The number of benzene rings is 1. The fourth-order valence-electron chi connectivity index (χ4n) is 1.56.